The van der Waals surface area contributed by atoms with E-state index in [1.54, 1.807) is 25.4 Å². The van der Waals surface area contributed by atoms with Gasteiger partial charge in [-0.15, -0.1) is 11.3 Å². The molecule has 168 valence electrons. The number of hydrogen-bond acceptors (Lipinski definition) is 4. The first-order chi connectivity index (χ1) is 14.9. The Bertz CT molecular complexity index is 1010. The maximum Gasteiger partial charge on any atom is 0.258 e. The van der Waals surface area contributed by atoms with Crippen LogP contribution in [-0.2, 0) is 4.74 Å². The predicted octanol–water partition coefficient (Wildman–Crippen LogP) is 7.46. The van der Waals surface area contributed by atoms with Crippen molar-refractivity contribution in [1.82, 2.24) is 9.97 Å². The second-order valence-electron chi connectivity index (χ2n) is 7.15. The molecule has 4 nitrogen and oxygen atoms in total. The molecule has 2 rings (SSSR count). The fourth-order valence-electron chi connectivity index (χ4n) is 3.06. The van der Waals surface area contributed by atoms with Crippen LogP contribution in [0.5, 0.6) is 0 Å². The first kappa shape index (κ1) is 26.4. The van der Waals surface area contributed by atoms with Gasteiger partial charge in [0.1, 0.15) is 10.8 Å². The van der Waals surface area contributed by atoms with Crippen LogP contribution in [0.15, 0.2) is 64.8 Å². The van der Waals surface area contributed by atoms with Crippen molar-refractivity contribution < 1.29 is 4.74 Å². The zero-order chi connectivity index (χ0) is 23.4. The fourth-order valence-corrected chi connectivity index (χ4v) is 4.01. The largest absolute Gasteiger partial charge is 0.497 e. The predicted molar refractivity (Wildman–Crippen MR) is 135 cm³/mol. The molecule has 0 fully saturated rings. The van der Waals surface area contributed by atoms with Crippen molar-refractivity contribution in [3.05, 3.63) is 81.0 Å². The molecule has 1 N–H and O–H groups in total. The fraction of sp³-hybridized carbons (Fsp3) is 0.385. The van der Waals surface area contributed by atoms with Gasteiger partial charge in [-0.2, -0.15) is 0 Å². The van der Waals surface area contributed by atoms with E-state index in [4.69, 9.17) is 9.72 Å². The van der Waals surface area contributed by atoms with E-state index >= 15 is 0 Å². The Kier molecular flexibility index (Phi) is 11.6. The lowest BCUT2D eigenvalue weighted by atomic mass is 9.94. The normalized spacial score (nSPS) is 12.6. The Morgan fingerprint density at radius 2 is 2.00 bits per heavy atom. The molecule has 5 heteroatoms. The zero-order valence-corrected chi connectivity index (χ0v) is 20.8. The van der Waals surface area contributed by atoms with Gasteiger partial charge in [0.2, 0.25) is 0 Å². The van der Waals surface area contributed by atoms with Crippen LogP contribution in [0, 0.1) is 6.92 Å². The van der Waals surface area contributed by atoms with Crippen LogP contribution in [0.2, 0.25) is 0 Å². The van der Waals surface area contributed by atoms with Crippen molar-refractivity contribution >= 4 is 16.9 Å². The molecule has 0 saturated heterocycles. The minimum Gasteiger partial charge on any atom is -0.497 e. The lowest BCUT2D eigenvalue weighted by molar-refractivity contribution is 0.307. The molecule has 0 unspecified atom stereocenters. The Balaban J connectivity index is 0.00000151. The number of aromatic nitrogens is 2. The number of pyridine rings is 1. The maximum atomic E-state index is 12.2. The molecule has 31 heavy (non-hydrogen) atoms. The summed E-state index contributed by atoms with van der Waals surface area (Å²) in [5, 5.41) is 0.723. The number of ether oxygens (including phenoxy) is 1. The second kappa shape index (κ2) is 13.6. The van der Waals surface area contributed by atoms with Gasteiger partial charge in [-0.25, -0.2) is 4.98 Å². The molecule has 0 bridgehead atoms. The second-order valence-corrected chi connectivity index (χ2v) is 8.35. The summed E-state index contributed by atoms with van der Waals surface area (Å²) in [5.74, 6) is 0.706. The molecule has 0 amide bonds. The molecule has 0 radical (unpaired) electrons. The summed E-state index contributed by atoms with van der Waals surface area (Å²) >= 11 is 1.53. The molecular weight excluding hydrogens is 404 g/mol. The van der Waals surface area contributed by atoms with Gasteiger partial charge in [-0.05, 0) is 57.0 Å². The summed E-state index contributed by atoms with van der Waals surface area (Å²) in [6.45, 7) is 16.4. The number of thiazole rings is 1. The number of allylic oxidation sites excluding steroid dienone is 6. The number of H-pyrrole nitrogens is 1. The standard InChI is InChI=1S/C23H28N2O2S.C3H8/c1-7-11-15(4)20(14-17(8-2)27-6)18(9-3)21-16(5)28-23(25-21)19-12-10-13-24-22(19)26;1-3-2/h8-10,12-14H,2,7,11H2,1,3-6H3,(H,24,26);3H2,1-2H3/b17-14+,18-9+,20-15-;. The zero-order valence-electron chi connectivity index (χ0n) is 20.0. The van der Waals surface area contributed by atoms with E-state index in [9.17, 15) is 4.79 Å². The van der Waals surface area contributed by atoms with E-state index in [1.165, 1.54) is 23.3 Å². The molecular formula is C26H36N2O2S. The number of methoxy groups -OCH3 is 1. The quantitative estimate of drug-likeness (QED) is 0.342. The molecule has 0 aromatic carbocycles. The average molecular weight is 441 g/mol. The topological polar surface area (TPSA) is 55.0 Å². The number of nitrogens with zero attached hydrogens (tertiary/aromatic N) is 1. The summed E-state index contributed by atoms with van der Waals surface area (Å²) in [6, 6.07) is 3.62. The van der Waals surface area contributed by atoms with Crippen molar-refractivity contribution in [3.8, 4) is 10.6 Å². The van der Waals surface area contributed by atoms with Gasteiger partial charge in [0, 0.05) is 16.6 Å². The Labute approximate surface area is 191 Å². The summed E-state index contributed by atoms with van der Waals surface area (Å²) in [4.78, 5) is 20.8. The van der Waals surface area contributed by atoms with Crippen LogP contribution in [0.25, 0.3) is 16.1 Å². The Hall–Kier alpha value is -2.66. The SMILES string of the molecule is C=C\C(=C/C(=C(\C)CCC)C(=C\C)/c1nc(-c2ccc[nH]c2=O)sc1C)OC.CCC. The minimum atomic E-state index is -0.129. The highest BCUT2D eigenvalue weighted by molar-refractivity contribution is 7.15. The summed E-state index contributed by atoms with van der Waals surface area (Å²) in [6.07, 6.45) is 10.7. The molecule has 0 aliphatic heterocycles. The van der Waals surface area contributed by atoms with Crippen molar-refractivity contribution in [1.29, 1.82) is 0 Å². The van der Waals surface area contributed by atoms with Gasteiger partial charge in [0.15, 0.2) is 0 Å². The van der Waals surface area contributed by atoms with E-state index < -0.39 is 0 Å². The molecule has 2 aromatic rings. The number of rotatable bonds is 8. The van der Waals surface area contributed by atoms with E-state index in [-0.39, 0.29) is 5.56 Å². The molecule has 0 spiro atoms. The number of aryl methyl sites for hydroxylation is 1. The third kappa shape index (κ3) is 7.21. The van der Waals surface area contributed by atoms with Gasteiger partial charge < -0.3 is 9.72 Å². The number of nitrogens with one attached hydrogen (secondary N) is 1. The highest BCUT2D eigenvalue weighted by Gasteiger charge is 2.18. The van der Waals surface area contributed by atoms with Crippen molar-refractivity contribution in [2.45, 2.75) is 60.8 Å². The first-order valence-electron chi connectivity index (χ1n) is 10.8. The van der Waals surface area contributed by atoms with Gasteiger partial charge in [-0.1, -0.05) is 51.8 Å². The molecule has 0 saturated carbocycles. The van der Waals surface area contributed by atoms with Gasteiger partial charge >= 0.3 is 0 Å². The number of aromatic amines is 1. The van der Waals surface area contributed by atoms with Crippen LogP contribution in [0.4, 0.5) is 0 Å². The minimum absolute atomic E-state index is 0.129. The third-order valence-corrected chi connectivity index (χ3v) is 5.49. The van der Waals surface area contributed by atoms with Crippen LogP contribution in [0.1, 0.15) is 64.5 Å². The van der Waals surface area contributed by atoms with Crippen LogP contribution in [0.3, 0.4) is 0 Å². The monoisotopic (exact) mass is 440 g/mol. The molecule has 0 aliphatic carbocycles. The Morgan fingerprint density at radius 1 is 1.32 bits per heavy atom. The van der Waals surface area contributed by atoms with Crippen LogP contribution < -0.4 is 5.56 Å². The smallest absolute Gasteiger partial charge is 0.258 e. The van der Waals surface area contributed by atoms with Crippen molar-refractivity contribution in [3.63, 3.8) is 0 Å². The molecule has 2 aromatic heterocycles. The lowest BCUT2D eigenvalue weighted by Gasteiger charge is -2.13. The number of hydrogen-bond donors (Lipinski definition) is 1. The molecule has 0 aliphatic rings. The first-order valence-corrected chi connectivity index (χ1v) is 11.6. The van der Waals surface area contributed by atoms with Crippen molar-refractivity contribution in [2.24, 2.45) is 0 Å². The average Bonchev–Trinajstić information content (AvgIpc) is 3.13. The van der Waals surface area contributed by atoms with E-state index in [2.05, 4.69) is 45.3 Å². The lowest BCUT2D eigenvalue weighted by Crippen LogP contribution is -2.06. The summed E-state index contributed by atoms with van der Waals surface area (Å²) in [7, 11) is 1.64. The van der Waals surface area contributed by atoms with E-state index in [0.717, 1.165) is 39.6 Å². The van der Waals surface area contributed by atoms with Gasteiger partial charge in [-0.3, -0.25) is 4.79 Å². The van der Waals surface area contributed by atoms with Crippen LogP contribution in [-0.4, -0.2) is 17.1 Å². The Morgan fingerprint density at radius 3 is 2.52 bits per heavy atom. The third-order valence-electron chi connectivity index (χ3n) is 4.49. The summed E-state index contributed by atoms with van der Waals surface area (Å²) < 4.78 is 5.43. The summed E-state index contributed by atoms with van der Waals surface area (Å²) in [5.41, 5.74) is 4.74. The van der Waals surface area contributed by atoms with Gasteiger partial charge in [0.25, 0.3) is 5.56 Å². The molecule has 2 heterocycles. The van der Waals surface area contributed by atoms with Crippen LogP contribution >= 0.6 is 11.3 Å². The highest BCUT2D eigenvalue weighted by atomic mass is 32.1. The molecule has 0 atom stereocenters. The van der Waals surface area contributed by atoms with Crippen molar-refractivity contribution in [2.75, 3.05) is 7.11 Å². The van der Waals surface area contributed by atoms with E-state index in [1.807, 2.05) is 26.0 Å². The van der Waals surface area contributed by atoms with Gasteiger partial charge in [0.05, 0.1) is 18.4 Å². The maximum absolute atomic E-state index is 12.2. The highest BCUT2D eigenvalue weighted by Crippen LogP contribution is 2.35. The van der Waals surface area contributed by atoms with E-state index in [0.29, 0.717) is 11.3 Å².